The van der Waals surface area contributed by atoms with E-state index in [1.807, 2.05) is 6.07 Å². The average Bonchev–Trinajstić information content (AvgIpc) is 2.32. The Morgan fingerprint density at radius 3 is 2.29 bits per heavy atom. The predicted octanol–water partition coefficient (Wildman–Crippen LogP) is 4.27. The highest BCUT2D eigenvalue weighted by Gasteiger charge is 1.99. The lowest BCUT2D eigenvalue weighted by atomic mass is 10.0. The number of unbranched alkanes of at least 4 members (excludes halogenated alkanes) is 6. The van der Waals surface area contributed by atoms with Crippen LogP contribution in [0.25, 0.3) is 0 Å². The van der Waals surface area contributed by atoms with Gasteiger partial charge in [0.1, 0.15) is 5.75 Å². The summed E-state index contributed by atoms with van der Waals surface area (Å²) in [4.78, 5) is 0. The minimum absolute atomic E-state index is 0.213. The fourth-order valence-electron chi connectivity index (χ4n) is 2.03. The second kappa shape index (κ2) is 7.99. The van der Waals surface area contributed by atoms with Crippen molar-refractivity contribution in [2.24, 2.45) is 0 Å². The van der Waals surface area contributed by atoms with Crippen LogP contribution < -0.4 is 5.73 Å². The molecule has 0 saturated heterocycles. The van der Waals surface area contributed by atoms with Gasteiger partial charge in [0, 0.05) is 0 Å². The number of hydrogen-bond donors (Lipinski definition) is 2. The highest BCUT2D eigenvalue weighted by molar-refractivity contribution is 5.52. The number of anilines is 1. The lowest BCUT2D eigenvalue weighted by Gasteiger charge is -2.04. The zero-order chi connectivity index (χ0) is 12.5. The summed E-state index contributed by atoms with van der Waals surface area (Å²) in [5, 5.41) is 9.47. The summed E-state index contributed by atoms with van der Waals surface area (Å²) >= 11 is 0. The van der Waals surface area contributed by atoms with Gasteiger partial charge in [0.2, 0.25) is 0 Å². The van der Waals surface area contributed by atoms with Gasteiger partial charge in [0.25, 0.3) is 0 Å². The van der Waals surface area contributed by atoms with Gasteiger partial charge in [-0.1, -0.05) is 51.5 Å². The quantitative estimate of drug-likeness (QED) is 0.401. The van der Waals surface area contributed by atoms with Gasteiger partial charge in [-0.05, 0) is 30.5 Å². The summed E-state index contributed by atoms with van der Waals surface area (Å²) in [6.45, 7) is 2.24. The van der Waals surface area contributed by atoms with Crippen LogP contribution in [0, 0.1) is 0 Å². The Kier molecular flexibility index (Phi) is 6.53. The molecule has 96 valence electrons. The van der Waals surface area contributed by atoms with Crippen LogP contribution in [-0.4, -0.2) is 5.11 Å². The van der Waals surface area contributed by atoms with Crippen LogP contribution >= 0.6 is 0 Å². The summed E-state index contributed by atoms with van der Waals surface area (Å²) in [6.07, 6.45) is 10.3. The average molecular weight is 235 g/mol. The third-order valence-electron chi connectivity index (χ3n) is 3.16. The van der Waals surface area contributed by atoms with Crippen LogP contribution in [0.15, 0.2) is 18.2 Å². The number of nitrogen functional groups attached to an aromatic ring is 1. The van der Waals surface area contributed by atoms with Gasteiger partial charge in [-0.3, -0.25) is 0 Å². The zero-order valence-electron chi connectivity index (χ0n) is 10.9. The molecule has 3 N–H and O–H groups in total. The van der Waals surface area contributed by atoms with Crippen molar-refractivity contribution in [2.45, 2.75) is 58.3 Å². The number of aryl methyl sites for hydroxylation is 1. The van der Waals surface area contributed by atoms with Crippen LogP contribution in [-0.2, 0) is 6.42 Å². The first kappa shape index (κ1) is 13.9. The van der Waals surface area contributed by atoms with E-state index in [-0.39, 0.29) is 5.75 Å². The summed E-state index contributed by atoms with van der Waals surface area (Å²) in [5.41, 5.74) is 7.21. The normalized spacial score (nSPS) is 10.6. The first-order valence-corrected chi connectivity index (χ1v) is 6.81. The lowest BCUT2D eigenvalue weighted by Crippen LogP contribution is -1.90. The summed E-state index contributed by atoms with van der Waals surface area (Å²) in [5.74, 6) is 0.213. The Balaban J connectivity index is 2.11. The third-order valence-corrected chi connectivity index (χ3v) is 3.16. The van der Waals surface area contributed by atoms with E-state index in [1.54, 1.807) is 12.1 Å². The maximum absolute atomic E-state index is 9.47. The minimum atomic E-state index is 0.213. The molecule has 0 bridgehead atoms. The van der Waals surface area contributed by atoms with Crippen molar-refractivity contribution >= 4 is 5.69 Å². The minimum Gasteiger partial charge on any atom is -0.506 e. The van der Waals surface area contributed by atoms with E-state index in [1.165, 1.54) is 50.5 Å². The number of benzene rings is 1. The van der Waals surface area contributed by atoms with Gasteiger partial charge < -0.3 is 10.8 Å². The number of hydrogen-bond acceptors (Lipinski definition) is 2. The molecule has 2 nitrogen and oxygen atoms in total. The monoisotopic (exact) mass is 235 g/mol. The molecule has 0 spiro atoms. The Bertz CT molecular complexity index is 323. The largest absolute Gasteiger partial charge is 0.506 e. The number of phenols is 1. The molecule has 0 aliphatic rings. The molecule has 0 aromatic heterocycles. The molecule has 0 radical (unpaired) electrons. The second-order valence-corrected chi connectivity index (χ2v) is 4.76. The SMILES string of the molecule is CCCCCCCCCc1ccc(N)c(O)c1. The number of nitrogens with two attached hydrogens (primary N) is 1. The molecule has 0 aliphatic heterocycles. The van der Waals surface area contributed by atoms with E-state index in [0.29, 0.717) is 5.69 Å². The molecule has 0 heterocycles. The molecule has 1 aromatic carbocycles. The van der Waals surface area contributed by atoms with Crippen molar-refractivity contribution in [1.82, 2.24) is 0 Å². The molecular formula is C15H25NO. The molecule has 0 atom stereocenters. The molecule has 0 saturated carbocycles. The van der Waals surface area contributed by atoms with Crippen molar-refractivity contribution in [1.29, 1.82) is 0 Å². The molecule has 0 fully saturated rings. The van der Waals surface area contributed by atoms with Gasteiger partial charge in [0.15, 0.2) is 0 Å². The summed E-state index contributed by atoms with van der Waals surface area (Å²) in [7, 11) is 0. The van der Waals surface area contributed by atoms with Crippen molar-refractivity contribution < 1.29 is 5.11 Å². The maximum atomic E-state index is 9.47. The molecule has 1 aromatic rings. The van der Waals surface area contributed by atoms with Gasteiger partial charge >= 0.3 is 0 Å². The summed E-state index contributed by atoms with van der Waals surface area (Å²) < 4.78 is 0. The van der Waals surface area contributed by atoms with E-state index in [9.17, 15) is 5.11 Å². The molecule has 2 heteroatoms. The Morgan fingerprint density at radius 1 is 1.00 bits per heavy atom. The molecule has 1 rings (SSSR count). The number of aromatic hydroxyl groups is 1. The van der Waals surface area contributed by atoms with E-state index in [2.05, 4.69) is 6.92 Å². The Morgan fingerprint density at radius 2 is 1.65 bits per heavy atom. The first-order chi connectivity index (χ1) is 8.24. The fraction of sp³-hybridized carbons (Fsp3) is 0.600. The molecule has 0 unspecified atom stereocenters. The third kappa shape index (κ3) is 5.62. The van der Waals surface area contributed by atoms with Crippen molar-refractivity contribution in [3.8, 4) is 5.75 Å². The van der Waals surface area contributed by atoms with Crippen LogP contribution in [0.2, 0.25) is 0 Å². The predicted molar refractivity (Wildman–Crippen MR) is 74.2 cm³/mol. The van der Waals surface area contributed by atoms with E-state index < -0.39 is 0 Å². The number of phenolic OH excluding ortho intramolecular Hbond substituents is 1. The smallest absolute Gasteiger partial charge is 0.138 e. The molecule has 0 amide bonds. The van der Waals surface area contributed by atoms with E-state index in [4.69, 9.17) is 5.73 Å². The van der Waals surface area contributed by atoms with Gasteiger partial charge in [-0.15, -0.1) is 0 Å². The standard InChI is InChI=1S/C15H25NO/c1-2-3-4-5-6-7-8-9-13-10-11-14(16)15(17)12-13/h10-12,17H,2-9,16H2,1H3. The fourth-order valence-corrected chi connectivity index (χ4v) is 2.03. The second-order valence-electron chi connectivity index (χ2n) is 4.76. The maximum Gasteiger partial charge on any atom is 0.138 e. The highest BCUT2D eigenvalue weighted by atomic mass is 16.3. The summed E-state index contributed by atoms with van der Waals surface area (Å²) in [6, 6.07) is 5.57. The van der Waals surface area contributed by atoms with Gasteiger partial charge in [-0.2, -0.15) is 0 Å². The van der Waals surface area contributed by atoms with Crippen LogP contribution in [0.3, 0.4) is 0 Å². The van der Waals surface area contributed by atoms with Crippen molar-refractivity contribution in [3.63, 3.8) is 0 Å². The van der Waals surface area contributed by atoms with E-state index >= 15 is 0 Å². The molecule has 0 aliphatic carbocycles. The zero-order valence-corrected chi connectivity index (χ0v) is 10.9. The lowest BCUT2D eigenvalue weighted by molar-refractivity contribution is 0.477. The van der Waals surface area contributed by atoms with Crippen LogP contribution in [0.1, 0.15) is 57.4 Å². The van der Waals surface area contributed by atoms with Gasteiger partial charge in [0.05, 0.1) is 5.69 Å². The van der Waals surface area contributed by atoms with Crippen LogP contribution in [0.5, 0.6) is 5.75 Å². The number of rotatable bonds is 8. The highest BCUT2D eigenvalue weighted by Crippen LogP contribution is 2.21. The van der Waals surface area contributed by atoms with Crippen LogP contribution in [0.4, 0.5) is 5.69 Å². The van der Waals surface area contributed by atoms with Crippen molar-refractivity contribution in [2.75, 3.05) is 5.73 Å². The first-order valence-electron chi connectivity index (χ1n) is 6.81. The Labute approximate surface area is 105 Å². The molecule has 17 heavy (non-hydrogen) atoms. The topological polar surface area (TPSA) is 46.2 Å². The van der Waals surface area contributed by atoms with E-state index in [0.717, 1.165) is 6.42 Å². The van der Waals surface area contributed by atoms with Crippen molar-refractivity contribution in [3.05, 3.63) is 23.8 Å². The Hall–Kier alpha value is -1.18. The molecular weight excluding hydrogens is 210 g/mol. The van der Waals surface area contributed by atoms with Gasteiger partial charge in [-0.25, -0.2) is 0 Å².